The average Bonchev–Trinajstić information content (AvgIpc) is 4.17. The summed E-state index contributed by atoms with van der Waals surface area (Å²) in [5, 5.41) is 55.7. The Morgan fingerprint density at radius 3 is 0.779 bits per heavy atom. The van der Waals surface area contributed by atoms with E-state index in [2.05, 4.69) is 102 Å². The maximum absolute atomic E-state index is 8.43. The van der Waals surface area contributed by atoms with Crippen molar-refractivity contribution in [3.63, 3.8) is 0 Å². The summed E-state index contributed by atoms with van der Waals surface area (Å²) in [6.45, 7) is 11.1. The van der Waals surface area contributed by atoms with Crippen LogP contribution in [0.5, 0.6) is 0 Å². The Morgan fingerprint density at radius 2 is 0.632 bits per heavy atom. The van der Waals surface area contributed by atoms with Crippen LogP contribution in [-0.2, 0) is 23.0 Å². The first-order valence-corrected chi connectivity index (χ1v) is 25.4. The standard InChI is InChI=1S/4C10H16N6S/c4*1-8-9(16-7-15-8)5-17-4-3-13-10(12-2)14-6-11/h4*7H,3-5H2,1-2H3,(H,15,16)(H2,12,13,14). The normalized spacial score (nSPS) is 11.0. The predicted octanol–water partition coefficient (Wildman–Crippen LogP) is 2.39. The summed E-state index contributed by atoms with van der Waals surface area (Å²) in [5.74, 6) is 9.29. The first kappa shape index (κ1) is 59.3. The SMILES string of the molecule is CN=C(NC#N)NCCSCc1nc[nH]c1C.CN=C(NC#N)NCCSCc1nc[nH]c1C.CN=C(NC#N)NCCSCc1nc[nH]c1C.CN=C(NC#N)NCCSCc1nc[nH]c1C. The molecular formula is C40H64N24S4. The largest absolute Gasteiger partial charge is 0.355 e. The number of nitriles is 4. The molecule has 0 unspecified atom stereocenters. The summed E-state index contributed by atoms with van der Waals surface area (Å²) >= 11 is 7.14. The van der Waals surface area contributed by atoms with Gasteiger partial charge in [0.05, 0.1) is 48.1 Å². The molecule has 0 aliphatic rings. The van der Waals surface area contributed by atoms with Crippen LogP contribution in [-0.4, -0.2) is 141 Å². The van der Waals surface area contributed by atoms with Crippen molar-refractivity contribution in [2.75, 3.05) is 77.4 Å². The van der Waals surface area contributed by atoms with Crippen molar-refractivity contribution < 1.29 is 0 Å². The molecule has 12 N–H and O–H groups in total. The van der Waals surface area contributed by atoms with E-state index in [1.807, 2.05) is 52.5 Å². The highest BCUT2D eigenvalue weighted by atomic mass is 32.2. The van der Waals surface area contributed by atoms with Crippen LogP contribution in [0.2, 0.25) is 0 Å². The number of thioether (sulfide) groups is 4. The molecule has 0 bridgehead atoms. The van der Waals surface area contributed by atoms with Gasteiger partial charge >= 0.3 is 0 Å². The molecule has 28 heteroatoms. The van der Waals surface area contributed by atoms with Gasteiger partial charge in [-0.15, -0.1) is 0 Å². The molecule has 0 aliphatic carbocycles. The summed E-state index contributed by atoms with van der Waals surface area (Å²) in [5.41, 5.74) is 8.84. The third-order valence-corrected chi connectivity index (χ3v) is 12.3. The van der Waals surface area contributed by atoms with Crippen LogP contribution in [0.25, 0.3) is 0 Å². The summed E-state index contributed by atoms with van der Waals surface area (Å²) in [6, 6.07) is 0. The number of H-pyrrole nitrogens is 4. The van der Waals surface area contributed by atoms with E-state index >= 15 is 0 Å². The van der Waals surface area contributed by atoms with Gasteiger partial charge in [-0.2, -0.15) is 68.1 Å². The molecular weight excluding hydrogens is 945 g/mol. The molecule has 4 aromatic heterocycles. The number of imidazole rings is 4. The van der Waals surface area contributed by atoms with Gasteiger partial charge in [0, 0.05) is 123 Å². The van der Waals surface area contributed by atoms with Crippen LogP contribution in [0.4, 0.5) is 0 Å². The minimum Gasteiger partial charge on any atom is -0.355 e. The van der Waals surface area contributed by atoms with Crippen LogP contribution < -0.4 is 42.5 Å². The van der Waals surface area contributed by atoms with E-state index < -0.39 is 0 Å². The zero-order valence-electron chi connectivity index (χ0n) is 39.8. The second kappa shape index (κ2) is 39.4. The van der Waals surface area contributed by atoms with Crippen molar-refractivity contribution in [1.29, 1.82) is 21.0 Å². The number of aliphatic imine (C=N–C) groups is 4. The van der Waals surface area contributed by atoms with Gasteiger partial charge in [0.1, 0.15) is 0 Å². The van der Waals surface area contributed by atoms with Crippen molar-refractivity contribution in [2.24, 2.45) is 20.0 Å². The van der Waals surface area contributed by atoms with Crippen molar-refractivity contribution in [3.8, 4) is 24.8 Å². The molecule has 24 nitrogen and oxygen atoms in total. The fraction of sp³-hybridized carbons (Fsp3) is 0.500. The summed E-state index contributed by atoms with van der Waals surface area (Å²) in [7, 11) is 6.53. The Hall–Kier alpha value is -6.72. The van der Waals surface area contributed by atoms with Gasteiger partial charge in [-0.1, -0.05) is 0 Å². The topological polar surface area (TPSA) is 356 Å². The summed E-state index contributed by atoms with van der Waals surface area (Å²) < 4.78 is 0. The van der Waals surface area contributed by atoms with E-state index in [1.165, 1.54) is 0 Å². The lowest BCUT2D eigenvalue weighted by atomic mass is 10.4. The number of rotatable bonds is 20. The van der Waals surface area contributed by atoms with Crippen molar-refractivity contribution in [2.45, 2.75) is 50.7 Å². The quantitative estimate of drug-likeness (QED) is 0.0199. The van der Waals surface area contributed by atoms with E-state index in [-0.39, 0.29) is 0 Å². The first-order valence-electron chi connectivity index (χ1n) is 20.8. The lowest BCUT2D eigenvalue weighted by Gasteiger charge is -2.06. The van der Waals surface area contributed by atoms with Gasteiger partial charge in [0.2, 0.25) is 23.8 Å². The molecule has 0 saturated heterocycles. The molecule has 68 heavy (non-hydrogen) atoms. The minimum absolute atomic E-state index is 0.504. The molecule has 0 amide bonds. The molecule has 4 heterocycles. The Bertz CT molecular complexity index is 1930. The second-order valence-electron chi connectivity index (χ2n) is 13.1. The van der Waals surface area contributed by atoms with Crippen molar-refractivity contribution in [3.05, 3.63) is 70.9 Å². The molecule has 0 fully saturated rings. The smallest absolute Gasteiger partial charge is 0.204 e. The number of aromatic amines is 4. The van der Waals surface area contributed by atoms with E-state index in [1.54, 1.807) is 101 Å². The molecule has 0 spiro atoms. The Morgan fingerprint density at radius 1 is 0.426 bits per heavy atom. The van der Waals surface area contributed by atoms with Gasteiger partial charge < -0.3 is 41.2 Å². The van der Waals surface area contributed by atoms with Crippen molar-refractivity contribution >= 4 is 70.9 Å². The number of guanidine groups is 4. The third kappa shape index (κ3) is 27.7. The molecule has 0 saturated carbocycles. The fourth-order valence-corrected chi connectivity index (χ4v) is 8.20. The minimum atomic E-state index is 0.504. The zero-order valence-corrected chi connectivity index (χ0v) is 43.1. The number of nitrogens with one attached hydrogen (secondary N) is 12. The van der Waals surface area contributed by atoms with Crippen LogP contribution in [0.15, 0.2) is 45.3 Å². The molecule has 0 atom stereocenters. The van der Waals surface area contributed by atoms with E-state index in [9.17, 15) is 0 Å². The summed E-state index contributed by atoms with van der Waals surface area (Å²) in [4.78, 5) is 44.6. The number of aryl methyl sites for hydroxylation is 4. The molecule has 0 radical (unpaired) electrons. The van der Waals surface area contributed by atoms with Gasteiger partial charge in [-0.05, 0) is 27.7 Å². The highest BCUT2D eigenvalue weighted by Gasteiger charge is 2.04. The molecule has 368 valence electrons. The predicted molar refractivity (Wildman–Crippen MR) is 278 cm³/mol. The van der Waals surface area contributed by atoms with E-state index in [0.29, 0.717) is 23.8 Å². The van der Waals surface area contributed by atoms with Crippen LogP contribution in [0.1, 0.15) is 45.6 Å². The molecule has 0 aromatic carbocycles. The number of hydrogen-bond acceptors (Lipinski definition) is 16. The lowest BCUT2D eigenvalue weighted by Crippen LogP contribution is -2.35. The van der Waals surface area contributed by atoms with Gasteiger partial charge in [0.25, 0.3) is 0 Å². The lowest BCUT2D eigenvalue weighted by molar-refractivity contribution is 0.930. The van der Waals surface area contributed by atoms with Crippen LogP contribution in [0.3, 0.4) is 0 Å². The Kier molecular flexibility index (Phi) is 34.4. The number of nitrogens with zero attached hydrogens (tertiary/aromatic N) is 12. The van der Waals surface area contributed by atoms with E-state index in [4.69, 9.17) is 21.0 Å². The fourth-order valence-electron chi connectivity index (χ4n) is 4.70. The second-order valence-corrected chi connectivity index (χ2v) is 17.5. The number of aromatic nitrogens is 8. The summed E-state index contributed by atoms with van der Waals surface area (Å²) in [6.07, 6.45) is 14.1. The molecule has 0 aliphatic heterocycles. The van der Waals surface area contributed by atoms with Crippen LogP contribution in [0, 0.1) is 73.5 Å². The maximum Gasteiger partial charge on any atom is 0.204 e. The average molecular weight is 1010 g/mol. The van der Waals surface area contributed by atoms with Gasteiger partial charge in [-0.25, -0.2) is 19.9 Å². The van der Waals surface area contributed by atoms with Gasteiger partial charge in [0.15, 0.2) is 24.8 Å². The Balaban J connectivity index is 0.000000453. The number of hydrogen-bond donors (Lipinski definition) is 12. The van der Waals surface area contributed by atoms with Crippen molar-refractivity contribution in [1.82, 2.24) is 82.4 Å². The first-order chi connectivity index (χ1) is 33.1. The highest BCUT2D eigenvalue weighted by Crippen LogP contribution is 2.14. The monoisotopic (exact) mass is 1010 g/mol. The molecule has 4 aromatic rings. The molecule has 4 rings (SSSR count). The Labute approximate surface area is 416 Å². The zero-order chi connectivity index (χ0) is 50.0. The third-order valence-electron chi connectivity index (χ3n) is 8.44. The van der Waals surface area contributed by atoms with E-state index in [0.717, 1.165) is 118 Å². The van der Waals surface area contributed by atoms with Crippen LogP contribution >= 0.6 is 47.0 Å². The van der Waals surface area contributed by atoms with Gasteiger partial charge in [-0.3, -0.25) is 41.2 Å². The maximum atomic E-state index is 8.43. The highest BCUT2D eigenvalue weighted by molar-refractivity contribution is 7.99.